The number of esters is 1. The van der Waals surface area contributed by atoms with Crippen LogP contribution in [-0.4, -0.2) is 29.4 Å². The van der Waals surface area contributed by atoms with Gasteiger partial charge in [-0.3, -0.25) is 14.5 Å². The molecule has 1 atom stereocenters. The summed E-state index contributed by atoms with van der Waals surface area (Å²) >= 11 is 0. The quantitative estimate of drug-likeness (QED) is 0.250. The van der Waals surface area contributed by atoms with Gasteiger partial charge < -0.3 is 9.84 Å². The van der Waals surface area contributed by atoms with Crippen molar-refractivity contribution in [1.29, 1.82) is 0 Å². The van der Waals surface area contributed by atoms with E-state index < -0.39 is 23.7 Å². The molecule has 1 saturated heterocycles. The molecule has 1 unspecified atom stereocenters. The van der Waals surface area contributed by atoms with Crippen molar-refractivity contribution >= 4 is 29.1 Å². The van der Waals surface area contributed by atoms with Gasteiger partial charge >= 0.3 is 5.97 Å². The molecule has 1 heterocycles. The number of aliphatic hydroxyl groups is 1. The zero-order valence-electron chi connectivity index (χ0n) is 19.2. The van der Waals surface area contributed by atoms with Crippen LogP contribution < -0.4 is 4.90 Å². The van der Waals surface area contributed by atoms with Crippen LogP contribution in [0.2, 0.25) is 0 Å². The Balaban J connectivity index is 1.91. The highest BCUT2D eigenvalue weighted by Crippen LogP contribution is 2.42. The Hall–Kier alpha value is -4.19. The largest absolute Gasteiger partial charge is 0.507 e. The summed E-state index contributed by atoms with van der Waals surface area (Å²) in [6.45, 7) is 5.76. The van der Waals surface area contributed by atoms with Gasteiger partial charge in [0.15, 0.2) is 0 Å². The highest BCUT2D eigenvalue weighted by atomic mass is 16.5. The maximum absolute atomic E-state index is 13.3. The molecule has 0 aliphatic carbocycles. The summed E-state index contributed by atoms with van der Waals surface area (Å²) in [6, 6.07) is 20.1. The number of Topliss-reactive ketones (excluding diaryl/α,β-unsaturated/α-hetero) is 1. The fourth-order valence-electron chi connectivity index (χ4n) is 4.12. The van der Waals surface area contributed by atoms with Crippen LogP contribution in [0.25, 0.3) is 5.76 Å². The van der Waals surface area contributed by atoms with Crippen LogP contribution >= 0.6 is 0 Å². The number of aliphatic hydroxyl groups excluding tert-OH is 1. The molecule has 4 rings (SSSR count). The van der Waals surface area contributed by atoms with Crippen molar-refractivity contribution in [2.75, 3.05) is 11.5 Å². The molecule has 3 aromatic carbocycles. The zero-order valence-corrected chi connectivity index (χ0v) is 19.2. The number of carbonyl (C=O) groups excluding carboxylic acids is 3. The molecule has 6 nitrogen and oxygen atoms in total. The first kappa shape index (κ1) is 23.0. The summed E-state index contributed by atoms with van der Waals surface area (Å²) in [5, 5.41) is 11.2. The minimum Gasteiger partial charge on any atom is -0.507 e. The van der Waals surface area contributed by atoms with E-state index in [-0.39, 0.29) is 23.5 Å². The number of amides is 1. The van der Waals surface area contributed by atoms with E-state index in [1.54, 1.807) is 37.3 Å². The number of aryl methyl sites for hydroxylation is 2. The number of ether oxygens (including phenoxy) is 1. The third kappa shape index (κ3) is 4.22. The number of anilines is 1. The van der Waals surface area contributed by atoms with Gasteiger partial charge in [0.2, 0.25) is 0 Å². The number of hydrogen-bond donors (Lipinski definition) is 1. The van der Waals surface area contributed by atoms with E-state index in [4.69, 9.17) is 4.74 Å². The van der Waals surface area contributed by atoms with Crippen molar-refractivity contribution in [3.8, 4) is 0 Å². The van der Waals surface area contributed by atoms with E-state index >= 15 is 0 Å². The maximum Gasteiger partial charge on any atom is 0.338 e. The van der Waals surface area contributed by atoms with E-state index in [2.05, 4.69) is 0 Å². The van der Waals surface area contributed by atoms with Crippen LogP contribution in [0.3, 0.4) is 0 Å². The second-order valence-electron chi connectivity index (χ2n) is 8.22. The molecule has 1 aliphatic rings. The molecule has 0 bridgehead atoms. The monoisotopic (exact) mass is 455 g/mol. The second-order valence-corrected chi connectivity index (χ2v) is 8.22. The minimum atomic E-state index is -0.862. The molecule has 3 aromatic rings. The molecule has 0 spiro atoms. The summed E-state index contributed by atoms with van der Waals surface area (Å²) in [4.78, 5) is 40.2. The smallest absolute Gasteiger partial charge is 0.338 e. The number of hydrogen-bond acceptors (Lipinski definition) is 5. The second kappa shape index (κ2) is 9.35. The van der Waals surface area contributed by atoms with Crippen LogP contribution in [0.15, 0.2) is 78.4 Å². The molecule has 1 aliphatic heterocycles. The Morgan fingerprint density at radius 3 is 2.29 bits per heavy atom. The third-order valence-electron chi connectivity index (χ3n) is 5.76. The number of nitrogens with zero attached hydrogens (tertiary/aromatic N) is 1. The van der Waals surface area contributed by atoms with Crippen molar-refractivity contribution in [2.24, 2.45) is 0 Å². The highest BCUT2D eigenvalue weighted by molar-refractivity contribution is 6.51. The SMILES string of the molecule is CCOC(=O)c1cccc(N2C(=O)C(=O)/C(=C(/O)c3ccc(C)cc3)C2c2cccc(C)c2)c1. The van der Waals surface area contributed by atoms with Crippen molar-refractivity contribution < 1.29 is 24.2 Å². The molecule has 0 radical (unpaired) electrons. The van der Waals surface area contributed by atoms with Crippen LogP contribution in [-0.2, 0) is 14.3 Å². The molecular weight excluding hydrogens is 430 g/mol. The minimum absolute atomic E-state index is 0.000917. The molecule has 0 saturated carbocycles. The average Bonchev–Trinajstić information content (AvgIpc) is 3.10. The molecule has 1 N–H and O–H groups in total. The van der Waals surface area contributed by atoms with E-state index in [1.165, 1.54) is 11.0 Å². The van der Waals surface area contributed by atoms with E-state index in [0.29, 0.717) is 16.8 Å². The molecule has 34 heavy (non-hydrogen) atoms. The lowest BCUT2D eigenvalue weighted by Crippen LogP contribution is -2.29. The predicted molar refractivity (Wildman–Crippen MR) is 130 cm³/mol. The van der Waals surface area contributed by atoms with E-state index in [9.17, 15) is 19.5 Å². The Morgan fingerprint density at radius 2 is 1.62 bits per heavy atom. The van der Waals surface area contributed by atoms with Crippen molar-refractivity contribution in [2.45, 2.75) is 26.8 Å². The third-order valence-corrected chi connectivity index (χ3v) is 5.76. The number of benzene rings is 3. The topological polar surface area (TPSA) is 83.9 Å². The molecular formula is C28H25NO5. The van der Waals surface area contributed by atoms with Crippen LogP contribution in [0.5, 0.6) is 0 Å². The summed E-state index contributed by atoms with van der Waals surface area (Å²) in [7, 11) is 0. The van der Waals surface area contributed by atoms with Gasteiger partial charge in [-0.2, -0.15) is 0 Å². The first-order valence-electron chi connectivity index (χ1n) is 11.0. The lowest BCUT2D eigenvalue weighted by Gasteiger charge is -2.26. The lowest BCUT2D eigenvalue weighted by atomic mass is 9.94. The fraction of sp³-hybridized carbons (Fsp3) is 0.179. The van der Waals surface area contributed by atoms with Gasteiger partial charge in [0.05, 0.1) is 23.8 Å². The normalized spacial score (nSPS) is 17.1. The Kier molecular flexibility index (Phi) is 6.32. The summed E-state index contributed by atoms with van der Waals surface area (Å²) in [5.41, 5.74) is 3.70. The number of rotatable bonds is 5. The first-order chi connectivity index (χ1) is 16.3. The molecule has 0 aromatic heterocycles. The van der Waals surface area contributed by atoms with Crippen molar-refractivity contribution in [3.63, 3.8) is 0 Å². The van der Waals surface area contributed by atoms with Gasteiger partial charge in [0, 0.05) is 11.3 Å². The van der Waals surface area contributed by atoms with Gasteiger partial charge in [0.1, 0.15) is 5.76 Å². The van der Waals surface area contributed by atoms with E-state index in [1.807, 2.05) is 50.2 Å². The van der Waals surface area contributed by atoms with Crippen molar-refractivity contribution in [3.05, 3.63) is 106 Å². The number of carbonyl (C=O) groups is 3. The summed E-state index contributed by atoms with van der Waals surface area (Å²) in [5.74, 6) is -2.33. The molecule has 1 fully saturated rings. The van der Waals surface area contributed by atoms with Gasteiger partial charge in [-0.1, -0.05) is 65.7 Å². The summed E-state index contributed by atoms with van der Waals surface area (Å²) < 4.78 is 5.09. The molecule has 6 heteroatoms. The molecule has 1 amide bonds. The Bertz CT molecular complexity index is 1310. The van der Waals surface area contributed by atoms with Crippen LogP contribution in [0, 0.1) is 13.8 Å². The summed E-state index contributed by atoms with van der Waals surface area (Å²) in [6.07, 6.45) is 0. The first-order valence-corrected chi connectivity index (χ1v) is 11.0. The van der Waals surface area contributed by atoms with Gasteiger partial charge in [-0.15, -0.1) is 0 Å². The van der Waals surface area contributed by atoms with Crippen LogP contribution in [0.1, 0.15) is 45.6 Å². The van der Waals surface area contributed by atoms with Crippen molar-refractivity contribution in [1.82, 2.24) is 0 Å². The Morgan fingerprint density at radius 1 is 0.912 bits per heavy atom. The average molecular weight is 456 g/mol. The van der Waals surface area contributed by atoms with Gasteiger partial charge in [-0.05, 0) is 44.5 Å². The highest BCUT2D eigenvalue weighted by Gasteiger charge is 2.47. The predicted octanol–water partition coefficient (Wildman–Crippen LogP) is 5.11. The van der Waals surface area contributed by atoms with E-state index in [0.717, 1.165) is 11.1 Å². The zero-order chi connectivity index (χ0) is 24.4. The number of ketones is 1. The standard InChI is InChI=1S/C28H25NO5/c1-4-34-28(33)21-9-6-10-22(16-21)29-24(20-8-5-7-18(3)15-20)23(26(31)27(29)32)25(30)19-13-11-17(2)12-14-19/h5-16,24,30H,4H2,1-3H3/b25-23+. The van der Waals surface area contributed by atoms with Gasteiger partial charge in [0.25, 0.3) is 11.7 Å². The van der Waals surface area contributed by atoms with Gasteiger partial charge in [-0.25, -0.2) is 4.79 Å². The van der Waals surface area contributed by atoms with Crippen LogP contribution in [0.4, 0.5) is 5.69 Å². The maximum atomic E-state index is 13.3. The lowest BCUT2D eigenvalue weighted by molar-refractivity contribution is -0.132. The fourth-order valence-corrected chi connectivity index (χ4v) is 4.12. The molecule has 172 valence electrons. The Labute approximate surface area is 198 Å².